The van der Waals surface area contributed by atoms with Gasteiger partial charge in [-0.1, -0.05) is 30.3 Å². The molecule has 112 valence electrons. The van der Waals surface area contributed by atoms with Crippen LogP contribution >= 0.6 is 11.3 Å². The van der Waals surface area contributed by atoms with Crippen molar-refractivity contribution in [3.05, 3.63) is 35.7 Å². The minimum Gasteiger partial charge on any atom is -0.379 e. The molecule has 0 bridgehead atoms. The quantitative estimate of drug-likeness (QED) is 0.849. The van der Waals surface area contributed by atoms with Crippen molar-refractivity contribution in [2.24, 2.45) is 0 Å². The number of nitrogens with zero attached hydrogens (tertiary/aromatic N) is 3. The Kier molecular flexibility index (Phi) is 4.85. The van der Waals surface area contributed by atoms with Crippen molar-refractivity contribution in [2.45, 2.75) is 0 Å². The number of benzene rings is 1. The largest absolute Gasteiger partial charge is 0.379 e. The molecule has 1 aliphatic heterocycles. The third-order valence-electron chi connectivity index (χ3n) is 3.74. The summed E-state index contributed by atoms with van der Waals surface area (Å²) < 4.78 is 5.38. The Morgan fingerprint density at radius 2 is 2.00 bits per heavy atom. The van der Waals surface area contributed by atoms with E-state index in [1.165, 1.54) is 5.56 Å². The van der Waals surface area contributed by atoms with Crippen molar-refractivity contribution in [2.75, 3.05) is 51.3 Å². The molecule has 1 aromatic carbocycles. The normalized spacial score (nSPS) is 16.0. The van der Waals surface area contributed by atoms with Gasteiger partial charge in [-0.25, -0.2) is 4.98 Å². The molecule has 1 saturated heterocycles. The summed E-state index contributed by atoms with van der Waals surface area (Å²) in [5, 5.41) is 3.22. The second-order valence-electron chi connectivity index (χ2n) is 5.26. The lowest BCUT2D eigenvalue weighted by molar-refractivity contribution is 0.0393. The zero-order chi connectivity index (χ0) is 14.5. The summed E-state index contributed by atoms with van der Waals surface area (Å²) in [7, 11) is 2.12. The molecular formula is C16H21N3OS. The number of hydrogen-bond acceptors (Lipinski definition) is 5. The Morgan fingerprint density at radius 1 is 1.24 bits per heavy atom. The van der Waals surface area contributed by atoms with Crippen LogP contribution < -0.4 is 4.90 Å². The highest BCUT2D eigenvalue weighted by atomic mass is 32.1. The fourth-order valence-corrected chi connectivity index (χ4v) is 3.22. The summed E-state index contributed by atoms with van der Waals surface area (Å²) in [6, 6.07) is 10.3. The number of rotatable bonds is 5. The second-order valence-corrected chi connectivity index (χ2v) is 6.09. The van der Waals surface area contributed by atoms with Crippen molar-refractivity contribution in [1.29, 1.82) is 0 Å². The van der Waals surface area contributed by atoms with E-state index in [1.54, 1.807) is 11.3 Å². The van der Waals surface area contributed by atoms with Gasteiger partial charge < -0.3 is 9.64 Å². The van der Waals surface area contributed by atoms with Crippen LogP contribution in [0.1, 0.15) is 0 Å². The Bertz CT molecular complexity index is 552. The van der Waals surface area contributed by atoms with Crippen LogP contribution in [0.25, 0.3) is 11.3 Å². The molecule has 0 radical (unpaired) electrons. The lowest BCUT2D eigenvalue weighted by Gasteiger charge is -2.28. The summed E-state index contributed by atoms with van der Waals surface area (Å²) in [6.45, 7) is 5.88. The smallest absolute Gasteiger partial charge is 0.185 e. The van der Waals surface area contributed by atoms with Crippen molar-refractivity contribution >= 4 is 16.5 Å². The van der Waals surface area contributed by atoms with Crippen molar-refractivity contribution in [3.63, 3.8) is 0 Å². The molecule has 0 saturated carbocycles. The Morgan fingerprint density at radius 3 is 2.76 bits per heavy atom. The summed E-state index contributed by atoms with van der Waals surface area (Å²) in [5.41, 5.74) is 2.25. The average molecular weight is 303 g/mol. The SMILES string of the molecule is CN(CCN1CCOCC1)c1nc(-c2ccccc2)cs1. The van der Waals surface area contributed by atoms with Gasteiger partial charge in [0.1, 0.15) is 0 Å². The van der Waals surface area contributed by atoms with E-state index in [9.17, 15) is 0 Å². The fraction of sp³-hybridized carbons (Fsp3) is 0.438. The number of ether oxygens (including phenoxy) is 1. The number of thiazole rings is 1. The number of anilines is 1. The Labute approximate surface area is 130 Å². The summed E-state index contributed by atoms with van der Waals surface area (Å²) in [4.78, 5) is 9.44. The standard InChI is InChI=1S/C16H21N3OS/c1-18(7-8-19-9-11-20-12-10-19)16-17-15(13-21-16)14-5-3-2-4-6-14/h2-6,13H,7-12H2,1H3. The predicted octanol–water partition coefficient (Wildman–Crippen LogP) is 2.58. The molecule has 0 N–H and O–H groups in total. The van der Waals surface area contributed by atoms with Gasteiger partial charge in [-0.3, -0.25) is 4.90 Å². The van der Waals surface area contributed by atoms with Gasteiger partial charge in [0, 0.05) is 44.2 Å². The van der Waals surface area contributed by atoms with Crippen LogP contribution in [0.2, 0.25) is 0 Å². The number of hydrogen-bond donors (Lipinski definition) is 0. The topological polar surface area (TPSA) is 28.6 Å². The van der Waals surface area contributed by atoms with Gasteiger partial charge in [-0.2, -0.15) is 0 Å². The van der Waals surface area contributed by atoms with E-state index in [2.05, 4.69) is 46.5 Å². The average Bonchev–Trinajstić information content (AvgIpc) is 3.04. The van der Waals surface area contributed by atoms with Crippen LogP contribution in [0.4, 0.5) is 5.13 Å². The fourth-order valence-electron chi connectivity index (χ4n) is 2.39. The molecule has 1 aliphatic rings. The van der Waals surface area contributed by atoms with Crippen LogP contribution in [0.5, 0.6) is 0 Å². The van der Waals surface area contributed by atoms with Gasteiger partial charge in [0.15, 0.2) is 5.13 Å². The van der Waals surface area contributed by atoms with Crippen LogP contribution in [0.3, 0.4) is 0 Å². The minimum atomic E-state index is 0.860. The van der Waals surface area contributed by atoms with Gasteiger partial charge in [0.05, 0.1) is 18.9 Å². The van der Waals surface area contributed by atoms with Gasteiger partial charge >= 0.3 is 0 Å². The highest BCUT2D eigenvalue weighted by Gasteiger charge is 2.13. The van der Waals surface area contributed by atoms with Crippen LogP contribution in [0.15, 0.2) is 35.7 Å². The van der Waals surface area contributed by atoms with Gasteiger partial charge in [0.2, 0.25) is 0 Å². The molecular weight excluding hydrogens is 282 g/mol. The van der Waals surface area contributed by atoms with Gasteiger partial charge in [0.25, 0.3) is 0 Å². The highest BCUT2D eigenvalue weighted by Crippen LogP contribution is 2.26. The maximum Gasteiger partial charge on any atom is 0.185 e. The molecule has 0 spiro atoms. The third-order valence-corrected chi connectivity index (χ3v) is 4.70. The van der Waals surface area contributed by atoms with Gasteiger partial charge in [-0.05, 0) is 0 Å². The molecule has 21 heavy (non-hydrogen) atoms. The van der Waals surface area contributed by atoms with E-state index >= 15 is 0 Å². The van der Waals surface area contributed by atoms with E-state index in [0.717, 1.165) is 50.2 Å². The highest BCUT2D eigenvalue weighted by molar-refractivity contribution is 7.14. The molecule has 1 aromatic heterocycles. The van der Waals surface area contributed by atoms with E-state index in [-0.39, 0.29) is 0 Å². The molecule has 0 atom stereocenters. The number of morpholine rings is 1. The lowest BCUT2D eigenvalue weighted by Crippen LogP contribution is -2.40. The van der Waals surface area contributed by atoms with E-state index < -0.39 is 0 Å². The maximum atomic E-state index is 5.38. The van der Waals surface area contributed by atoms with Crippen LogP contribution in [-0.2, 0) is 4.74 Å². The summed E-state index contributed by atoms with van der Waals surface area (Å²) in [5.74, 6) is 0. The zero-order valence-electron chi connectivity index (χ0n) is 12.4. The first kappa shape index (κ1) is 14.5. The molecule has 2 heterocycles. The molecule has 2 aromatic rings. The molecule has 4 nitrogen and oxygen atoms in total. The molecule has 0 amide bonds. The second kappa shape index (κ2) is 7.02. The summed E-state index contributed by atoms with van der Waals surface area (Å²) >= 11 is 1.71. The Hall–Kier alpha value is -1.43. The van der Waals surface area contributed by atoms with Crippen LogP contribution in [-0.4, -0.2) is 56.3 Å². The molecule has 1 fully saturated rings. The van der Waals surface area contributed by atoms with Crippen molar-refractivity contribution in [1.82, 2.24) is 9.88 Å². The van der Waals surface area contributed by atoms with Crippen molar-refractivity contribution in [3.8, 4) is 11.3 Å². The Balaban J connectivity index is 1.57. The number of likely N-dealkylation sites (N-methyl/N-ethyl adjacent to an activating group) is 1. The molecule has 0 aliphatic carbocycles. The van der Waals surface area contributed by atoms with E-state index in [4.69, 9.17) is 9.72 Å². The summed E-state index contributed by atoms with van der Waals surface area (Å²) in [6.07, 6.45) is 0. The first-order chi connectivity index (χ1) is 10.3. The first-order valence-corrected chi connectivity index (χ1v) is 8.23. The molecule has 3 rings (SSSR count). The molecule has 5 heteroatoms. The van der Waals surface area contributed by atoms with Gasteiger partial charge in [-0.15, -0.1) is 11.3 Å². The maximum absolute atomic E-state index is 5.38. The number of aromatic nitrogens is 1. The van der Waals surface area contributed by atoms with Crippen molar-refractivity contribution < 1.29 is 4.74 Å². The lowest BCUT2D eigenvalue weighted by atomic mass is 10.2. The monoisotopic (exact) mass is 303 g/mol. The van der Waals surface area contributed by atoms with E-state index in [0.29, 0.717) is 0 Å². The van der Waals surface area contributed by atoms with E-state index in [1.807, 2.05) is 6.07 Å². The molecule has 0 unspecified atom stereocenters. The predicted molar refractivity (Wildman–Crippen MR) is 88.1 cm³/mol. The van der Waals surface area contributed by atoms with Crippen LogP contribution in [0, 0.1) is 0 Å². The minimum absolute atomic E-state index is 0.860. The first-order valence-electron chi connectivity index (χ1n) is 7.35. The zero-order valence-corrected chi connectivity index (χ0v) is 13.2. The third kappa shape index (κ3) is 3.81.